The fraction of sp³-hybridized carbons (Fsp3) is 0.562. The van der Waals surface area contributed by atoms with Crippen LogP contribution in [0.1, 0.15) is 18.4 Å². The molecule has 0 radical (unpaired) electrons. The molecule has 3 unspecified atom stereocenters. The molecule has 4 nitrogen and oxygen atoms in total. The van der Waals surface area contributed by atoms with Crippen LogP contribution in [-0.2, 0) is 11.3 Å². The highest BCUT2D eigenvalue weighted by Crippen LogP contribution is 2.45. The van der Waals surface area contributed by atoms with E-state index in [0.29, 0.717) is 13.0 Å². The molecule has 1 aliphatic carbocycles. The Kier molecular flexibility index (Phi) is 2.82. The zero-order valence-corrected chi connectivity index (χ0v) is 11.7. The van der Waals surface area contributed by atoms with Crippen LogP contribution in [0, 0.1) is 11.8 Å². The lowest BCUT2D eigenvalue weighted by Crippen LogP contribution is -2.28. The Labute approximate surface area is 119 Å². The number of amides is 1. The van der Waals surface area contributed by atoms with Gasteiger partial charge in [-0.2, -0.15) is 0 Å². The van der Waals surface area contributed by atoms with Crippen molar-refractivity contribution in [3.8, 4) is 0 Å². The van der Waals surface area contributed by atoms with Gasteiger partial charge in [-0.3, -0.25) is 9.69 Å². The van der Waals surface area contributed by atoms with E-state index in [1.54, 1.807) is 4.90 Å². The van der Waals surface area contributed by atoms with Crippen molar-refractivity contribution in [1.29, 1.82) is 0 Å². The van der Waals surface area contributed by atoms with Crippen molar-refractivity contribution >= 4 is 11.6 Å². The van der Waals surface area contributed by atoms with Crippen LogP contribution in [0.2, 0.25) is 0 Å². The number of likely N-dealkylation sites (tertiary alicyclic amines) is 1. The van der Waals surface area contributed by atoms with E-state index in [0.717, 1.165) is 24.1 Å². The quantitative estimate of drug-likeness (QED) is 0.899. The summed E-state index contributed by atoms with van der Waals surface area (Å²) in [5.41, 5.74) is 8.16. The molecule has 20 heavy (non-hydrogen) atoms. The summed E-state index contributed by atoms with van der Waals surface area (Å²) in [4.78, 5) is 16.2. The number of rotatable bonds is 3. The van der Waals surface area contributed by atoms with E-state index >= 15 is 0 Å². The number of carbonyl (C=O) groups excluding carboxylic acids is 1. The Balaban J connectivity index is 1.42. The predicted molar refractivity (Wildman–Crippen MR) is 78.3 cm³/mol. The van der Waals surface area contributed by atoms with E-state index in [2.05, 4.69) is 29.2 Å². The molecule has 1 aromatic carbocycles. The molecular formula is C16H21N3O. The SMILES string of the molecule is NC1CC(=O)N(c2ccc(CN3CC4CC4C3)cc2)C1. The summed E-state index contributed by atoms with van der Waals surface area (Å²) in [5, 5.41) is 0. The minimum Gasteiger partial charge on any atom is -0.326 e. The molecule has 3 atom stereocenters. The van der Waals surface area contributed by atoms with Gasteiger partial charge in [0.25, 0.3) is 0 Å². The maximum absolute atomic E-state index is 11.8. The third-order valence-corrected chi connectivity index (χ3v) is 4.86. The number of benzene rings is 1. The third kappa shape index (κ3) is 2.23. The van der Waals surface area contributed by atoms with Gasteiger partial charge in [0.2, 0.25) is 5.91 Å². The van der Waals surface area contributed by atoms with Crippen LogP contribution in [0.25, 0.3) is 0 Å². The van der Waals surface area contributed by atoms with Gasteiger partial charge in [-0.25, -0.2) is 0 Å². The molecule has 3 aliphatic rings. The second kappa shape index (κ2) is 4.57. The monoisotopic (exact) mass is 271 g/mol. The molecule has 1 saturated carbocycles. The van der Waals surface area contributed by atoms with E-state index < -0.39 is 0 Å². The lowest BCUT2D eigenvalue weighted by molar-refractivity contribution is -0.117. The lowest BCUT2D eigenvalue weighted by atomic mass is 10.2. The number of hydrogen-bond acceptors (Lipinski definition) is 3. The maximum Gasteiger partial charge on any atom is 0.228 e. The highest BCUT2D eigenvalue weighted by Gasteiger charge is 2.44. The van der Waals surface area contributed by atoms with Crippen LogP contribution < -0.4 is 10.6 Å². The molecule has 2 heterocycles. The summed E-state index contributed by atoms with van der Waals surface area (Å²) in [6.07, 6.45) is 1.92. The molecule has 0 bridgehead atoms. The van der Waals surface area contributed by atoms with Crippen LogP contribution in [-0.4, -0.2) is 36.5 Å². The topological polar surface area (TPSA) is 49.6 Å². The first-order valence-corrected chi connectivity index (χ1v) is 7.56. The second-order valence-electron chi connectivity index (χ2n) is 6.58. The highest BCUT2D eigenvalue weighted by molar-refractivity contribution is 5.96. The summed E-state index contributed by atoms with van der Waals surface area (Å²) in [6.45, 7) is 4.23. The van der Waals surface area contributed by atoms with Gasteiger partial charge in [0.15, 0.2) is 0 Å². The first-order valence-electron chi connectivity index (χ1n) is 7.56. The first-order chi connectivity index (χ1) is 9.69. The van der Waals surface area contributed by atoms with Crippen molar-refractivity contribution in [3.05, 3.63) is 29.8 Å². The number of hydrogen-bond donors (Lipinski definition) is 1. The van der Waals surface area contributed by atoms with Crippen LogP contribution >= 0.6 is 0 Å². The number of nitrogens with two attached hydrogens (primary N) is 1. The van der Waals surface area contributed by atoms with E-state index in [1.165, 1.54) is 25.1 Å². The van der Waals surface area contributed by atoms with Crippen molar-refractivity contribution in [2.24, 2.45) is 17.6 Å². The standard InChI is InChI=1S/C16H21N3O/c17-14-6-16(20)19(10-14)15-3-1-11(2-4-15)7-18-8-12-5-13(12)9-18/h1-4,12-14H,5-10,17H2. The van der Waals surface area contributed by atoms with Gasteiger partial charge < -0.3 is 10.6 Å². The van der Waals surface area contributed by atoms with Crippen LogP contribution in [0.4, 0.5) is 5.69 Å². The third-order valence-electron chi connectivity index (χ3n) is 4.86. The minimum atomic E-state index is -0.0153. The van der Waals surface area contributed by atoms with Crippen molar-refractivity contribution in [2.45, 2.75) is 25.4 Å². The molecular weight excluding hydrogens is 250 g/mol. The summed E-state index contributed by atoms with van der Waals surface area (Å²) >= 11 is 0. The number of carbonyl (C=O) groups is 1. The molecule has 1 aromatic rings. The molecule has 3 fully saturated rings. The average Bonchev–Trinajstić information content (AvgIpc) is 2.88. The van der Waals surface area contributed by atoms with Gasteiger partial charge in [0, 0.05) is 44.3 Å². The van der Waals surface area contributed by atoms with Crippen molar-refractivity contribution in [3.63, 3.8) is 0 Å². The predicted octanol–water partition coefficient (Wildman–Crippen LogP) is 1.20. The summed E-state index contributed by atoms with van der Waals surface area (Å²) in [5.74, 6) is 2.11. The average molecular weight is 271 g/mol. The summed E-state index contributed by atoms with van der Waals surface area (Å²) in [7, 11) is 0. The van der Waals surface area contributed by atoms with Crippen LogP contribution in [0.3, 0.4) is 0 Å². The van der Waals surface area contributed by atoms with E-state index in [9.17, 15) is 4.79 Å². The molecule has 4 heteroatoms. The molecule has 2 aliphatic heterocycles. The van der Waals surface area contributed by atoms with Crippen molar-refractivity contribution in [1.82, 2.24) is 4.90 Å². The Morgan fingerprint density at radius 1 is 1.10 bits per heavy atom. The fourth-order valence-electron chi connectivity index (χ4n) is 3.65. The number of anilines is 1. The van der Waals surface area contributed by atoms with Gasteiger partial charge in [-0.15, -0.1) is 0 Å². The normalized spacial score (nSPS) is 32.8. The number of nitrogens with zero attached hydrogens (tertiary/aromatic N) is 2. The molecule has 2 saturated heterocycles. The van der Waals surface area contributed by atoms with Gasteiger partial charge in [-0.05, 0) is 36.0 Å². The van der Waals surface area contributed by atoms with Crippen LogP contribution in [0.15, 0.2) is 24.3 Å². The molecule has 4 rings (SSSR count). The zero-order valence-electron chi connectivity index (χ0n) is 11.7. The Morgan fingerprint density at radius 3 is 2.40 bits per heavy atom. The first kappa shape index (κ1) is 12.4. The van der Waals surface area contributed by atoms with Gasteiger partial charge >= 0.3 is 0 Å². The highest BCUT2D eigenvalue weighted by atomic mass is 16.2. The Hall–Kier alpha value is -1.39. The second-order valence-corrected chi connectivity index (χ2v) is 6.58. The Bertz CT molecular complexity index is 517. The molecule has 1 amide bonds. The Morgan fingerprint density at radius 2 is 1.80 bits per heavy atom. The summed E-state index contributed by atoms with van der Waals surface area (Å²) < 4.78 is 0. The molecule has 0 spiro atoms. The van der Waals surface area contributed by atoms with Crippen molar-refractivity contribution < 1.29 is 4.79 Å². The largest absolute Gasteiger partial charge is 0.326 e. The van der Waals surface area contributed by atoms with Gasteiger partial charge in [0.05, 0.1) is 0 Å². The fourth-order valence-corrected chi connectivity index (χ4v) is 3.65. The van der Waals surface area contributed by atoms with Gasteiger partial charge in [0.1, 0.15) is 0 Å². The molecule has 106 valence electrons. The van der Waals surface area contributed by atoms with Crippen molar-refractivity contribution in [2.75, 3.05) is 24.5 Å². The lowest BCUT2D eigenvalue weighted by Gasteiger charge is -2.19. The number of piperidine rings is 1. The number of fused-ring (bicyclic) bond motifs is 1. The molecule has 2 N–H and O–H groups in total. The zero-order chi connectivity index (χ0) is 13.7. The van der Waals surface area contributed by atoms with Crippen LogP contribution in [0.5, 0.6) is 0 Å². The minimum absolute atomic E-state index is 0.0153. The van der Waals surface area contributed by atoms with E-state index in [-0.39, 0.29) is 11.9 Å². The smallest absolute Gasteiger partial charge is 0.228 e. The maximum atomic E-state index is 11.8. The van der Waals surface area contributed by atoms with E-state index in [1.807, 2.05) is 0 Å². The summed E-state index contributed by atoms with van der Waals surface area (Å²) in [6, 6.07) is 8.40. The molecule has 0 aromatic heterocycles. The van der Waals surface area contributed by atoms with E-state index in [4.69, 9.17) is 5.73 Å². The van der Waals surface area contributed by atoms with Gasteiger partial charge in [-0.1, -0.05) is 12.1 Å².